The quantitative estimate of drug-likeness (QED) is 0.0105. The Bertz CT molecular complexity index is 1870. The van der Waals surface area contributed by atoms with Crippen LogP contribution in [0, 0.1) is 0 Å². The molecule has 3 atom stereocenters. The molecule has 0 aliphatic carbocycles. The first-order valence-electron chi connectivity index (χ1n) is 22.0. The Kier molecular flexibility index (Phi) is 26.3. The van der Waals surface area contributed by atoms with Crippen molar-refractivity contribution in [3.8, 4) is 0 Å². The van der Waals surface area contributed by atoms with Crippen LogP contribution in [0.15, 0.2) is 75.6 Å². The van der Waals surface area contributed by atoms with E-state index in [0.717, 1.165) is 4.90 Å². The number of carboxylic acid groups (broad SMARTS) is 1. The van der Waals surface area contributed by atoms with Crippen molar-refractivity contribution in [1.82, 2.24) is 20.9 Å². The number of nitrogens with zero attached hydrogens (tertiary/aromatic N) is 4. The first-order chi connectivity index (χ1) is 31.7. The largest absolute Gasteiger partial charge is 0.480 e. The van der Waals surface area contributed by atoms with Gasteiger partial charge in [-0.3, -0.25) is 49.5 Å². The molecule has 2 aromatic rings. The zero-order chi connectivity index (χ0) is 49.8. The Balaban J connectivity index is 2.79. The minimum Gasteiger partial charge on any atom is -0.480 e. The minimum atomic E-state index is -2.52. The molecule has 0 radical (unpaired) electrons. The van der Waals surface area contributed by atoms with Crippen molar-refractivity contribution in [3.05, 3.63) is 71.8 Å². The lowest BCUT2D eigenvalue weighted by Crippen LogP contribution is -2.72. The van der Waals surface area contributed by atoms with Crippen molar-refractivity contribution in [1.29, 1.82) is 0 Å². The van der Waals surface area contributed by atoms with Crippen LogP contribution in [0.5, 0.6) is 0 Å². The van der Waals surface area contributed by atoms with Crippen LogP contribution >= 0.6 is 20.2 Å². The molecule has 2 rings (SSSR count). The fraction of sp³-hybridized carbons (Fsp3) is 0.556. The second kappa shape index (κ2) is 30.6. The Morgan fingerprint density at radius 3 is 1.57 bits per heavy atom. The number of aliphatic carboxylic acids is 1. The van der Waals surface area contributed by atoms with Crippen LogP contribution < -0.4 is 33.2 Å². The van der Waals surface area contributed by atoms with Gasteiger partial charge < -0.3 is 41.8 Å². The van der Waals surface area contributed by atoms with Crippen molar-refractivity contribution in [2.45, 2.75) is 123 Å². The molecule has 2 amide bonds. The van der Waals surface area contributed by atoms with Gasteiger partial charge in [0.05, 0.1) is 17.5 Å². The van der Waals surface area contributed by atoms with E-state index in [0.29, 0.717) is 79.7 Å². The summed E-state index contributed by atoms with van der Waals surface area (Å²) in [4.78, 5) is 82.8. The van der Waals surface area contributed by atoms with E-state index in [2.05, 4.69) is 30.9 Å². The molecule has 0 aliphatic heterocycles. The first-order valence-corrected chi connectivity index (χ1v) is 23.9. The third kappa shape index (κ3) is 24.1. The molecule has 0 saturated heterocycles. The van der Waals surface area contributed by atoms with Gasteiger partial charge in [-0.05, 0) is 91.2 Å². The lowest BCUT2D eigenvalue weighted by molar-refractivity contribution is -0.150. The van der Waals surface area contributed by atoms with Crippen molar-refractivity contribution in [2.24, 2.45) is 32.2 Å². The molecule has 370 valence electrons. The maximum atomic E-state index is 14.5. The number of nitrogens with two attached hydrogens (primary N) is 3. The van der Waals surface area contributed by atoms with Gasteiger partial charge in [-0.1, -0.05) is 60.7 Å². The van der Waals surface area contributed by atoms with Gasteiger partial charge >= 0.3 is 24.0 Å². The summed E-state index contributed by atoms with van der Waals surface area (Å²) in [5.41, 5.74) is 14.7. The van der Waals surface area contributed by atoms with Crippen LogP contribution in [0.2, 0.25) is 0 Å². The minimum absolute atomic E-state index is 0.0195. The first kappa shape index (κ1) is 57.5. The molecule has 10 N–H and O–H groups in total. The van der Waals surface area contributed by atoms with Gasteiger partial charge in [0.1, 0.15) is 43.5 Å². The maximum absolute atomic E-state index is 14.5. The average Bonchev–Trinajstić information content (AvgIpc) is 3.26. The van der Waals surface area contributed by atoms with E-state index in [1.165, 1.54) is 11.8 Å². The predicted octanol–water partition coefficient (Wildman–Crippen LogP) is 4.30. The normalized spacial score (nSPS) is 14.6. The Labute approximate surface area is 399 Å². The summed E-state index contributed by atoms with van der Waals surface area (Å²) < 4.78 is 31.5. The number of hydrogen-bond acceptors (Lipinski definition) is 15. The molecule has 0 heterocycles. The number of unbranched alkanes of at least 4 members (excludes halogenated alkanes) is 2. The molecule has 3 unspecified atom stereocenters. The number of ether oxygens (including phenoxy) is 3. The Morgan fingerprint density at radius 2 is 1.16 bits per heavy atom. The highest BCUT2D eigenvalue weighted by Crippen LogP contribution is 2.29. The summed E-state index contributed by atoms with van der Waals surface area (Å²) in [6.45, 7) is 9.31. The summed E-state index contributed by atoms with van der Waals surface area (Å²) in [6, 6.07) is 13.6. The number of amides is 2. The van der Waals surface area contributed by atoms with E-state index in [9.17, 15) is 33.6 Å². The highest BCUT2D eigenvalue weighted by Gasteiger charge is 2.49. The molecule has 22 heteroatoms. The van der Waals surface area contributed by atoms with Crippen molar-refractivity contribution >= 4 is 67.6 Å². The molecule has 2 aromatic carbocycles. The molecule has 20 nitrogen and oxygen atoms in total. The van der Waals surface area contributed by atoms with Crippen LogP contribution in [0.3, 0.4) is 0 Å². The van der Waals surface area contributed by atoms with Crippen LogP contribution in [0.1, 0.15) is 91.2 Å². The summed E-state index contributed by atoms with van der Waals surface area (Å²) in [5, 5.41) is 18.6. The van der Waals surface area contributed by atoms with Crippen LogP contribution in [0.4, 0.5) is 4.79 Å². The summed E-state index contributed by atoms with van der Waals surface area (Å²) in [6.07, 6.45) is 0.417. The monoisotopic (exact) mass is 972 g/mol. The highest BCUT2D eigenvalue weighted by molar-refractivity contribution is 7.99. The standard InChI is InChI=1S/C45H69N10O10PS/c1-31(46)49-23-15-13-21-36(41(59)63-28-34-17-9-7-10-18-34)53-45(66-62,54-37(22-14-16-24-50-32(2)47)42(60)64-29-35-19-11-8-12-20-35)55(43(61)65-44(4,5)6)27-39(56)52-38(40(57)58)30-67-26-25-51-33(3)48/h7-12,17-20,36-38,53-54H,13-16,21-30H2,1-6H3,(H2,46,49)(H2,47,50)(H2,48,51)(H,52,56)(H,57,58). The summed E-state index contributed by atoms with van der Waals surface area (Å²) >= 11 is 1.20. The number of amidine groups is 3. The third-order valence-electron chi connectivity index (χ3n) is 9.25. The van der Waals surface area contributed by atoms with Crippen LogP contribution in [-0.4, -0.2) is 124 Å². The van der Waals surface area contributed by atoms with Crippen LogP contribution in [0.25, 0.3) is 0 Å². The second-order valence-corrected chi connectivity index (χ2v) is 18.5. The zero-order valence-electron chi connectivity index (χ0n) is 39.4. The third-order valence-corrected chi connectivity index (χ3v) is 11.0. The number of hydrogen-bond donors (Lipinski definition) is 7. The van der Waals surface area contributed by atoms with E-state index in [4.69, 9.17) is 31.4 Å². The number of carbonyl (C=O) groups is 5. The zero-order valence-corrected chi connectivity index (χ0v) is 41.1. The summed E-state index contributed by atoms with van der Waals surface area (Å²) in [7, 11) is -0.974. The lowest BCUT2D eigenvalue weighted by Gasteiger charge is -2.43. The van der Waals surface area contributed by atoms with Gasteiger partial charge in [-0.25, -0.2) is 9.59 Å². The number of carboxylic acids is 1. The number of rotatable bonds is 31. The van der Waals surface area contributed by atoms with E-state index in [1.54, 1.807) is 102 Å². The molecule has 0 saturated carbocycles. The molecule has 0 fully saturated rings. The smallest absolute Gasteiger partial charge is 0.413 e. The van der Waals surface area contributed by atoms with Gasteiger partial charge in [0, 0.05) is 31.1 Å². The van der Waals surface area contributed by atoms with Crippen LogP contribution in [-0.2, 0) is 51.2 Å². The lowest BCUT2D eigenvalue weighted by atomic mass is 10.1. The van der Waals surface area contributed by atoms with Gasteiger partial charge in [0.2, 0.25) is 19.9 Å². The fourth-order valence-corrected chi connectivity index (χ4v) is 7.56. The maximum Gasteiger partial charge on any atom is 0.413 e. The average molecular weight is 973 g/mol. The summed E-state index contributed by atoms with van der Waals surface area (Å²) in [5.74, 6) is -2.59. The van der Waals surface area contributed by atoms with E-state index < -0.39 is 74.2 Å². The van der Waals surface area contributed by atoms with Gasteiger partial charge in [0.15, 0.2) is 0 Å². The molecular formula is C45H69N10O10PS. The number of esters is 2. The van der Waals surface area contributed by atoms with Gasteiger partial charge in [0.25, 0.3) is 0 Å². The van der Waals surface area contributed by atoms with E-state index in [1.807, 2.05) is 0 Å². The molecule has 0 aromatic heterocycles. The van der Waals surface area contributed by atoms with Crippen molar-refractivity contribution in [2.75, 3.05) is 37.7 Å². The van der Waals surface area contributed by atoms with Gasteiger partial charge in [-0.2, -0.15) is 11.8 Å². The number of benzene rings is 2. The van der Waals surface area contributed by atoms with Gasteiger partial charge in [-0.15, -0.1) is 0 Å². The van der Waals surface area contributed by atoms with Crippen molar-refractivity contribution < 1.29 is 47.9 Å². The van der Waals surface area contributed by atoms with E-state index in [-0.39, 0.29) is 31.8 Å². The molecule has 0 spiro atoms. The SMILES string of the molecule is CC(N)=NCCCCC(NC(NC(CCCCN=C(C)N)C(=O)OCc1ccccc1)(P=O)N(CC(=O)NC(CSCCN=C(C)N)C(=O)O)C(=O)OC(C)(C)C)C(=O)OCc1ccccc1. The number of carbonyl (C=O) groups excluding carboxylic acids is 4. The molecule has 67 heavy (non-hydrogen) atoms. The number of aliphatic imine (C=N–C) groups is 3. The number of nitrogens with one attached hydrogen (secondary N) is 3. The molecular weight excluding hydrogens is 904 g/mol. The topological polar surface area (TPSA) is 305 Å². The van der Waals surface area contributed by atoms with E-state index >= 15 is 0 Å². The highest BCUT2D eigenvalue weighted by atomic mass is 32.2. The molecule has 0 aliphatic rings. The Morgan fingerprint density at radius 1 is 0.716 bits per heavy atom. The number of thioether (sulfide) groups is 1. The van der Waals surface area contributed by atoms with Crippen molar-refractivity contribution in [3.63, 3.8) is 0 Å². The Hall–Kier alpha value is -5.63. The molecule has 0 bridgehead atoms. The predicted molar refractivity (Wildman–Crippen MR) is 261 cm³/mol. The fourth-order valence-electron chi connectivity index (χ4n) is 6.05. The second-order valence-electron chi connectivity index (χ2n) is 16.5.